The number of hydrogen-bond acceptors (Lipinski definition) is 4. The van der Waals surface area contributed by atoms with E-state index in [1.807, 2.05) is 30.2 Å². The predicted molar refractivity (Wildman–Crippen MR) is 81.8 cm³/mol. The maximum atomic E-state index is 4.43. The number of aromatic nitrogens is 4. The van der Waals surface area contributed by atoms with Crippen molar-refractivity contribution in [1.82, 2.24) is 20.0 Å². The molecule has 6 heteroatoms. The predicted octanol–water partition coefficient (Wildman–Crippen LogP) is 3.05. The van der Waals surface area contributed by atoms with Crippen molar-refractivity contribution in [3.8, 4) is 10.6 Å². The van der Waals surface area contributed by atoms with E-state index in [0.717, 1.165) is 30.0 Å². The lowest BCUT2D eigenvalue weighted by molar-refractivity contribution is 0.746. The summed E-state index contributed by atoms with van der Waals surface area (Å²) in [4.78, 5) is 1.21. The molecule has 0 aromatic carbocycles. The van der Waals surface area contributed by atoms with Crippen molar-refractivity contribution in [2.45, 2.75) is 19.9 Å². The first-order valence-corrected chi connectivity index (χ1v) is 7.48. The molecule has 3 aromatic heterocycles. The molecule has 5 nitrogen and oxygen atoms in total. The van der Waals surface area contributed by atoms with E-state index in [1.54, 1.807) is 11.3 Å². The van der Waals surface area contributed by atoms with E-state index in [1.165, 1.54) is 10.4 Å². The van der Waals surface area contributed by atoms with Gasteiger partial charge in [0.2, 0.25) is 0 Å². The summed E-state index contributed by atoms with van der Waals surface area (Å²) in [6.45, 7) is 2.85. The standard InChI is InChI=1S/C14H17N5S/c1-3-11-12(9-19(2)18-11)15-7-10-8-16-17-14(10)13-5-4-6-20-13/h4-6,8-9,15H,3,7H2,1-2H3,(H,16,17). The molecule has 20 heavy (non-hydrogen) atoms. The molecule has 2 N–H and O–H groups in total. The summed E-state index contributed by atoms with van der Waals surface area (Å²) >= 11 is 1.71. The van der Waals surface area contributed by atoms with Crippen LogP contribution in [0.3, 0.4) is 0 Å². The molecule has 3 heterocycles. The van der Waals surface area contributed by atoms with E-state index in [9.17, 15) is 0 Å². The Morgan fingerprint density at radius 3 is 3.10 bits per heavy atom. The molecular weight excluding hydrogens is 270 g/mol. The van der Waals surface area contributed by atoms with Crippen LogP contribution in [0.5, 0.6) is 0 Å². The van der Waals surface area contributed by atoms with Crippen LogP contribution in [0.4, 0.5) is 5.69 Å². The van der Waals surface area contributed by atoms with Crippen molar-refractivity contribution in [3.05, 3.63) is 41.2 Å². The largest absolute Gasteiger partial charge is 0.378 e. The van der Waals surface area contributed by atoms with Gasteiger partial charge in [-0.05, 0) is 17.9 Å². The van der Waals surface area contributed by atoms with Crippen LogP contribution in [0.15, 0.2) is 29.9 Å². The van der Waals surface area contributed by atoms with Crippen LogP contribution in [0.2, 0.25) is 0 Å². The smallest absolute Gasteiger partial charge is 0.0853 e. The first kappa shape index (κ1) is 12.9. The highest BCUT2D eigenvalue weighted by Crippen LogP contribution is 2.26. The Balaban J connectivity index is 1.78. The van der Waals surface area contributed by atoms with Gasteiger partial charge in [0.05, 0.1) is 28.1 Å². The molecule has 0 amide bonds. The van der Waals surface area contributed by atoms with Gasteiger partial charge in [-0.25, -0.2) is 0 Å². The van der Waals surface area contributed by atoms with Crippen molar-refractivity contribution in [2.75, 3.05) is 5.32 Å². The summed E-state index contributed by atoms with van der Waals surface area (Å²) in [7, 11) is 1.94. The number of nitrogens with one attached hydrogen (secondary N) is 2. The van der Waals surface area contributed by atoms with Crippen molar-refractivity contribution < 1.29 is 0 Å². The second-order valence-corrected chi connectivity index (χ2v) is 5.57. The Morgan fingerprint density at radius 2 is 2.35 bits per heavy atom. The van der Waals surface area contributed by atoms with Crippen LogP contribution in [0.25, 0.3) is 10.6 Å². The molecule has 0 saturated carbocycles. The van der Waals surface area contributed by atoms with Gasteiger partial charge in [-0.15, -0.1) is 11.3 Å². The number of aromatic amines is 1. The maximum absolute atomic E-state index is 4.43. The SMILES string of the molecule is CCc1nn(C)cc1NCc1cn[nH]c1-c1cccs1. The molecular formula is C14H17N5S. The Labute approximate surface area is 121 Å². The summed E-state index contributed by atoms with van der Waals surface area (Å²) in [5.41, 5.74) is 4.44. The van der Waals surface area contributed by atoms with Gasteiger partial charge in [0.15, 0.2) is 0 Å². The molecule has 0 aliphatic carbocycles. The van der Waals surface area contributed by atoms with Crippen molar-refractivity contribution in [2.24, 2.45) is 7.05 Å². The molecule has 0 unspecified atom stereocenters. The van der Waals surface area contributed by atoms with Crippen molar-refractivity contribution in [3.63, 3.8) is 0 Å². The van der Waals surface area contributed by atoms with Gasteiger partial charge in [-0.1, -0.05) is 13.0 Å². The third-order valence-electron chi connectivity index (χ3n) is 3.19. The minimum absolute atomic E-state index is 0.739. The second-order valence-electron chi connectivity index (χ2n) is 4.62. The molecule has 3 rings (SSSR count). The van der Waals surface area contributed by atoms with E-state index < -0.39 is 0 Å². The lowest BCUT2D eigenvalue weighted by atomic mass is 10.2. The Bertz CT molecular complexity index is 680. The minimum Gasteiger partial charge on any atom is -0.378 e. The lowest BCUT2D eigenvalue weighted by Gasteiger charge is -2.05. The minimum atomic E-state index is 0.739. The van der Waals surface area contributed by atoms with Crippen molar-refractivity contribution >= 4 is 17.0 Å². The summed E-state index contributed by atoms with van der Waals surface area (Å²) in [5.74, 6) is 0. The molecule has 0 spiro atoms. The Hall–Kier alpha value is -2.08. The summed E-state index contributed by atoms with van der Waals surface area (Å²) in [6, 6.07) is 4.15. The normalized spacial score (nSPS) is 10.9. The molecule has 104 valence electrons. The number of rotatable bonds is 5. The number of hydrogen-bond donors (Lipinski definition) is 2. The second kappa shape index (κ2) is 5.50. The molecule has 0 atom stereocenters. The fraction of sp³-hybridized carbons (Fsp3) is 0.286. The zero-order valence-electron chi connectivity index (χ0n) is 11.6. The highest BCUT2D eigenvalue weighted by Gasteiger charge is 2.10. The van der Waals surface area contributed by atoms with Gasteiger partial charge in [0.1, 0.15) is 0 Å². The quantitative estimate of drug-likeness (QED) is 0.758. The van der Waals surface area contributed by atoms with E-state index in [2.05, 4.69) is 39.0 Å². The number of thiophene rings is 1. The Morgan fingerprint density at radius 1 is 1.45 bits per heavy atom. The topological polar surface area (TPSA) is 58.5 Å². The van der Waals surface area contributed by atoms with Gasteiger partial charge in [0, 0.05) is 25.4 Å². The maximum Gasteiger partial charge on any atom is 0.0853 e. The number of anilines is 1. The first-order valence-electron chi connectivity index (χ1n) is 6.60. The third kappa shape index (κ3) is 2.46. The fourth-order valence-corrected chi connectivity index (χ4v) is 2.97. The van der Waals surface area contributed by atoms with Gasteiger partial charge in [-0.3, -0.25) is 9.78 Å². The van der Waals surface area contributed by atoms with Crippen LogP contribution >= 0.6 is 11.3 Å². The van der Waals surface area contributed by atoms with E-state index in [4.69, 9.17) is 0 Å². The van der Waals surface area contributed by atoms with Gasteiger partial charge < -0.3 is 5.32 Å². The molecule has 0 aliphatic heterocycles. The fourth-order valence-electron chi connectivity index (χ4n) is 2.21. The molecule has 0 aliphatic rings. The molecule has 3 aromatic rings. The number of aryl methyl sites for hydroxylation is 2. The molecule has 0 fully saturated rings. The van der Waals surface area contributed by atoms with E-state index >= 15 is 0 Å². The summed E-state index contributed by atoms with van der Waals surface area (Å²) in [5, 5.41) is 17.2. The number of nitrogens with zero attached hydrogens (tertiary/aromatic N) is 3. The average molecular weight is 287 g/mol. The Kier molecular flexibility index (Phi) is 3.56. The number of H-pyrrole nitrogens is 1. The van der Waals surface area contributed by atoms with Crippen LogP contribution in [0.1, 0.15) is 18.2 Å². The molecule has 0 saturated heterocycles. The lowest BCUT2D eigenvalue weighted by Crippen LogP contribution is -2.01. The highest BCUT2D eigenvalue weighted by molar-refractivity contribution is 7.13. The highest BCUT2D eigenvalue weighted by atomic mass is 32.1. The van der Waals surface area contributed by atoms with Gasteiger partial charge >= 0.3 is 0 Å². The zero-order valence-corrected chi connectivity index (χ0v) is 12.4. The molecule has 0 bridgehead atoms. The van der Waals surface area contributed by atoms with E-state index in [-0.39, 0.29) is 0 Å². The van der Waals surface area contributed by atoms with Crippen molar-refractivity contribution in [1.29, 1.82) is 0 Å². The zero-order chi connectivity index (χ0) is 13.9. The van der Waals surface area contributed by atoms with Gasteiger partial charge in [-0.2, -0.15) is 10.2 Å². The third-order valence-corrected chi connectivity index (χ3v) is 4.08. The van der Waals surface area contributed by atoms with Crippen LogP contribution in [0, 0.1) is 0 Å². The van der Waals surface area contributed by atoms with Crippen LogP contribution in [-0.4, -0.2) is 20.0 Å². The average Bonchev–Trinajstić information content (AvgIpc) is 3.16. The monoisotopic (exact) mass is 287 g/mol. The first-order chi connectivity index (χ1) is 9.78. The summed E-state index contributed by atoms with van der Waals surface area (Å²) in [6.07, 6.45) is 4.82. The van der Waals surface area contributed by atoms with Crippen LogP contribution < -0.4 is 5.32 Å². The van der Waals surface area contributed by atoms with Crippen LogP contribution in [-0.2, 0) is 20.0 Å². The van der Waals surface area contributed by atoms with E-state index in [0.29, 0.717) is 0 Å². The molecule has 0 radical (unpaired) electrons. The summed E-state index contributed by atoms with van der Waals surface area (Å²) < 4.78 is 1.84. The van der Waals surface area contributed by atoms with Gasteiger partial charge in [0.25, 0.3) is 0 Å².